The Labute approximate surface area is 206 Å². The summed E-state index contributed by atoms with van der Waals surface area (Å²) in [7, 11) is 0. The molecule has 2 N–H and O–H groups in total. The molecule has 2 aliphatic heterocycles. The molecule has 0 amide bonds. The summed E-state index contributed by atoms with van der Waals surface area (Å²) in [6.07, 6.45) is 3.06. The van der Waals surface area contributed by atoms with Gasteiger partial charge < -0.3 is 19.7 Å². The second-order valence-corrected chi connectivity index (χ2v) is 8.45. The van der Waals surface area contributed by atoms with Crippen molar-refractivity contribution < 1.29 is 24.5 Å². The van der Waals surface area contributed by atoms with Gasteiger partial charge in [-0.3, -0.25) is 4.79 Å². The van der Waals surface area contributed by atoms with Gasteiger partial charge in [0.25, 0.3) is 17.2 Å². The van der Waals surface area contributed by atoms with E-state index in [4.69, 9.17) is 9.47 Å². The van der Waals surface area contributed by atoms with Crippen LogP contribution in [0.15, 0.2) is 107 Å². The molecule has 2 atom stereocenters. The Morgan fingerprint density at radius 1 is 0.583 bits per heavy atom. The SMILES string of the molecule is O=C(C1(c2ccccc2O)N=Cc2ccccc2O1)C1(c2ccccc2O)N=Cc2ccccc2O1. The number of ether oxygens (including phenoxy) is 2. The fourth-order valence-electron chi connectivity index (χ4n) is 4.51. The number of aromatic hydroxyl groups is 2. The first-order valence-corrected chi connectivity index (χ1v) is 11.3. The number of benzene rings is 4. The first-order chi connectivity index (χ1) is 17.5. The molecule has 0 bridgehead atoms. The van der Waals surface area contributed by atoms with Crippen LogP contribution in [0.25, 0.3) is 0 Å². The highest BCUT2D eigenvalue weighted by atomic mass is 16.5. The second kappa shape index (κ2) is 8.09. The molecular weight excluding hydrogens is 456 g/mol. The summed E-state index contributed by atoms with van der Waals surface area (Å²) < 4.78 is 12.7. The van der Waals surface area contributed by atoms with E-state index in [1.54, 1.807) is 60.7 Å². The van der Waals surface area contributed by atoms with Crippen LogP contribution >= 0.6 is 0 Å². The molecule has 0 saturated carbocycles. The van der Waals surface area contributed by atoms with Crippen LogP contribution in [0.2, 0.25) is 0 Å². The summed E-state index contributed by atoms with van der Waals surface area (Å²) in [5, 5.41) is 21.7. The van der Waals surface area contributed by atoms with Crippen molar-refractivity contribution in [3.05, 3.63) is 119 Å². The molecule has 2 unspecified atom stereocenters. The highest BCUT2D eigenvalue weighted by molar-refractivity contribution is 6.03. The van der Waals surface area contributed by atoms with Crippen LogP contribution in [0.4, 0.5) is 0 Å². The number of ketones is 1. The number of phenolic OH excluding ortho intramolecular Hbond substituents is 2. The third kappa shape index (κ3) is 3.17. The molecule has 0 aliphatic carbocycles. The lowest BCUT2D eigenvalue weighted by molar-refractivity contribution is -0.153. The molecule has 2 aliphatic rings. The fraction of sp³-hybridized carbons (Fsp3) is 0.0690. The van der Waals surface area contributed by atoms with E-state index in [-0.39, 0.29) is 22.6 Å². The molecule has 0 radical (unpaired) electrons. The zero-order chi connectivity index (χ0) is 24.8. The summed E-state index contributed by atoms with van der Waals surface area (Å²) in [4.78, 5) is 24.0. The van der Waals surface area contributed by atoms with Gasteiger partial charge in [0.05, 0.1) is 11.1 Å². The average molecular weight is 476 g/mol. The maximum atomic E-state index is 14.8. The lowest BCUT2D eigenvalue weighted by Crippen LogP contribution is -2.55. The molecule has 176 valence electrons. The van der Waals surface area contributed by atoms with Crippen molar-refractivity contribution in [2.75, 3.05) is 0 Å². The minimum atomic E-state index is -2.06. The minimum Gasteiger partial charge on any atom is -0.507 e. The zero-order valence-corrected chi connectivity index (χ0v) is 18.9. The number of fused-ring (bicyclic) bond motifs is 2. The fourth-order valence-corrected chi connectivity index (χ4v) is 4.51. The predicted molar refractivity (Wildman–Crippen MR) is 134 cm³/mol. The number of Topliss-reactive ketones (excluding diaryl/α,β-unsaturated/α-hetero) is 1. The van der Waals surface area contributed by atoms with E-state index in [1.807, 2.05) is 24.3 Å². The van der Waals surface area contributed by atoms with Gasteiger partial charge in [-0.05, 0) is 48.5 Å². The summed E-state index contributed by atoms with van der Waals surface area (Å²) >= 11 is 0. The monoisotopic (exact) mass is 476 g/mol. The van der Waals surface area contributed by atoms with Crippen molar-refractivity contribution in [1.29, 1.82) is 0 Å². The van der Waals surface area contributed by atoms with Crippen LogP contribution in [-0.2, 0) is 16.2 Å². The molecular formula is C29H20N2O5. The van der Waals surface area contributed by atoms with Crippen LogP contribution in [0, 0.1) is 0 Å². The van der Waals surface area contributed by atoms with Gasteiger partial charge in [0.1, 0.15) is 23.0 Å². The Morgan fingerprint density at radius 2 is 0.972 bits per heavy atom. The maximum Gasteiger partial charge on any atom is 0.295 e. The van der Waals surface area contributed by atoms with Gasteiger partial charge in [0.15, 0.2) is 0 Å². The number of hydrogen-bond donors (Lipinski definition) is 2. The number of rotatable bonds is 4. The minimum absolute atomic E-state index is 0.119. The highest BCUT2D eigenvalue weighted by Crippen LogP contribution is 2.48. The number of carbonyl (C=O) groups is 1. The van der Waals surface area contributed by atoms with Crippen LogP contribution < -0.4 is 9.47 Å². The molecule has 0 aromatic heterocycles. The van der Waals surface area contributed by atoms with Crippen LogP contribution in [0.5, 0.6) is 23.0 Å². The Kier molecular flexibility index (Phi) is 4.86. The summed E-state index contributed by atoms with van der Waals surface area (Å²) in [5.41, 5.74) is -2.55. The van der Waals surface area contributed by atoms with Gasteiger partial charge in [0.2, 0.25) is 0 Å². The lowest BCUT2D eigenvalue weighted by atomic mass is 9.85. The average Bonchev–Trinajstić information content (AvgIpc) is 2.92. The molecule has 6 rings (SSSR count). The Balaban J connectivity index is 1.62. The second-order valence-electron chi connectivity index (χ2n) is 8.45. The molecule has 0 spiro atoms. The van der Waals surface area contributed by atoms with Gasteiger partial charge in [0, 0.05) is 23.6 Å². The number of phenols is 2. The van der Waals surface area contributed by atoms with E-state index in [1.165, 1.54) is 24.6 Å². The van der Waals surface area contributed by atoms with Crippen LogP contribution in [0.3, 0.4) is 0 Å². The van der Waals surface area contributed by atoms with Crippen LogP contribution in [-0.4, -0.2) is 28.4 Å². The highest BCUT2D eigenvalue weighted by Gasteiger charge is 2.60. The quantitative estimate of drug-likeness (QED) is 0.445. The smallest absolute Gasteiger partial charge is 0.295 e. The summed E-state index contributed by atoms with van der Waals surface area (Å²) in [5.74, 6) is -0.312. The number of para-hydroxylation sites is 4. The molecule has 36 heavy (non-hydrogen) atoms. The Hall–Kier alpha value is -4.91. The summed E-state index contributed by atoms with van der Waals surface area (Å²) in [6.45, 7) is 0. The van der Waals surface area contributed by atoms with E-state index in [2.05, 4.69) is 9.98 Å². The van der Waals surface area contributed by atoms with Gasteiger partial charge in [-0.15, -0.1) is 0 Å². The van der Waals surface area contributed by atoms with Gasteiger partial charge in [-0.25, -0.2) is 9.98 Å². The normalized spacial score (nSPS) is 21.6. The molecule has 0 saturated heterocycles. The van der Waals surface area contributed by atoms with Crippen molar-refractivity contribution in [2.24, 2.45) is 9.98 Å². The van der Waals surface area contributed by atoms with Gasteiger partial charge >= 0.3 is 0 Å². The topological polar surface area (TPSA) is 101 Å². The van der Waals surface area contributed by atoms with E-state index in [0.717, 1.165) is 0 Å². The Bertz CT molecular complexity index is 1450. The first kappa shape index (κ1) is 21.6. The van der Waals surface area contributed by atoms with Crippen molar-refractivity contribution in [3.63, 3.8) is 0 Å². The van der Waals surface area contributed by atoms with E-state index in [9.17, 15) is 15.0 Å². The Morgan fingerprint density at radius 3 is 1.42 bits per heavy atom. The predicted octanol–water partition coefficient (Wildman–Crippen LogP) is 4.70. The van der Waals surface area contributed by atoms with Gasteiger partial charge in [-0.2, -0.15) is 0 Å². The standard InChI is InChI=1S/C29H20N2O5/c32-23-13-5-3-11-21(23)28(30-17-19-9-1-7-15-25(19)35-28)27(34)29(22-12-4-6-14-24(22)33)31-18-20-10-2-8-16-26(20)36-29/h1-18,32-33H. The van der Waals surface area contributed by atoms with E-state index < -0.39 is 17.2 Å². The van der Waals surface area contributed by atoms with Crippen molar-refractivity contribution in [2.45, 2.75) is 11.4 Å². The number of aliphatic imine (C=N–C) groups is 2. The number of nitrogens with zero attached hydrogens (tertiary/aromatic N) is 2. The lowest BCUT2D eigenvalue weighted by Gasteiger charge is -2.40. The molecule has 0 fully saturated rings. The molecule has 4 aromatic rings. The third-order valence-corrected chi connectivity index (χ3v) is 6.28. The van der Waals surface area contributed by atoms with Crippen molar-refractivity contribution >= 4 is 18.2 Å². The van der Waals surface area contributed by atoms with Crippen LogP contribution in [0.1, 0.15) is 22.3 Å². The molecule has 7 heteroatoms. The zero-order valence-electron chi connectivity index (χ0n) is 18.9. The first-order valence-electron chi connectivity index (χ1n) is 11.3. The molecule has 7 nitrogen and oxygen atoms in total. The van der Waals surface area contributed by atoms with E-state index in [0.29, 0.717) is 22.6 Å². The molecule has 2 heterocycles. The number of carbonyl (C=O) groups excluding carboxylic acids is 1. The molecule has 4 aromatic carbocycles. The van der Waals surface area contributed by atoms with Gasteiger partial charge in [-0.1, -0.05) is 48.5 Å². The van der Waals surface area contributed by atoms with E-state index >= 15 is 0 Å². The third-order valence-electron chi connectivity index (χ3n) is 6.28. The summed E-state index contributed by atoms with van der Waals surface area (Å²) in [6, 6.07) is 27.0. The van der Waals surface area contributed by atoms with Crippen molar-refractivity contribution in [3.8, 4) is 23.0 Å². The number of hydrogen-bond acceptors (Lipinski definition) is 7. The van der Waals surface area contributed by atoms with Crippen molar-refractivity contribution in [1.82, 2.24) is 0 Å². The largest absolute Gasteiger partial charge is 0.507 e. The maximum absolute atomic E-state index is 14.8.